The molecule has 1 nitrogen and oxygen atoms in total. The van der Waals surface area contributed by atoms with E-state index in [9.17, 15) is 13.2 Å². The van der Waals surface area contributed by atoms with E-state index in [2.05, 4.69) is 21.2 Å². The van der Waals surface area contributed by atoms with Gasteiger partial charge in [0.25, 0.3) is 0 Å². The first-order valence-electron chi connectivity index (χ1n) is 5.51. The Morgan fingerprint density at radius 3 is 2.47 bits per heavy atom. The van der Waals surface area contributed by atoms with Crippen molar-refractivity contribution in [3.05, 3.63) is 56.2 Å². The Morgan fingerprint density at radius 2 is 1.95 bits per heavy atom. The highest BCUT2D eigenvalue weighted by Crippen LogP contribution is 2.38. The van der Waals surface area contributed by atoms with Crippen LogP contribution in [-0.4, -0.2) is 7.05 Å². The number of hydrogen-bond donors (Lipinski definition) is 1. The molecule has 2 aromatic rings. The van der Waals surface area contributed by atoms with E-state index >= 15 is 0 Å². The van der Waals surface area contributed by atoms with E-state index < -0.39 is 17.8 Å². The average Bonchev–Trinajstić information content (AvgIpc) is 2.76. The summed E-state index contributed by atoms with van der Waals surface area (Å²) >= 11 is 4.74. The van der Waals surface area contributed by atoms with Crippen LogP contribution in [0, 0.1) is 0 Å². The molecule has 0 saturated carbocycles. The maximum atomic E-state index is 13.0. The zero-order chi connectivity index (χ0) is 14.0. The Balaban J connectivity index is 2.50. The highest BCUT2D eigenvalue weighted by Gasteiger charge is 2.35. The fourth-order valence-corrected chi connectivity index (χ4v) is 3.51. The van der Waals surface area contributed by atoms with Crippen LogP contribution >= 0.6 is 27.3 Å². The lowest BCUT2D eigenvalue weighted by molar-refractivity contribution is -0.138. The number of thiophene rings is 1. The van der Waals surface area contributed by atoms with E-state index in [1.807, 2.05) is 11.4 Å². The molecule has 0 aliphatic carbocycles. The van der Waals surface area contributed by atoms with Crippen LogP contribution in [0.1, 0.15) is 22.0 Å². The van der Waals surface area contributed by atoms with Crippen molar-refractivity contribution in [1.29, 1.82) is 0 Å². The summed E-state index contributed by atoms with van der Waals surface area (Å²) < 4.78 is 40.0. The van der Waals surface area contributed by atoms with Gasteiger partial charge in [0.1, 0.15) is 0 Å². The van der Waals surface area contributed by atoms with E-state index in [0.29, 0.717) is 0 Å². The first-order chi connectivity index (χ1) is 8.93. The molecule has 2 rings (SSSR count). The molecule has 0 aliphatic rings. The Labute approximate surface area is 121 Å². The fourth-order valence-electron chi connectivity index (χ4n) is 1.94. The largest absolute Gasteiger partial charge is 0.416 e. The Morgan fingerprint density at radius 1 is 1.26 bits per heavy atom. The second-order valence-electron chi connectivity index (χ2n) is 3.97. The maximum absolute atomic E-state index is 13.0. The molecule has 1 aromatic heterocycles. The van der Waals surface area contributed by atoms with E-state index in [1.165, 1.54) is 23.5 Å². The van der Waals surface area contributed by atoms with Crippen molar-refractivity contribution >= 4 is 27.3 Å². The first kappa shape index (κ1) is 14.6. The van der Waals surface area contributed by atoms with E-state index in [1.54, 1.807) is 13.1 Å². The molecular formula is C13H11BrF3NS. The van der Waals surface area contributed by atoms with Gasteiger partial charge in [0.2, 0.25) is 0 Å². The summed E-state index contributed by atoms with van der Waals surface area (Å²) in [6.07, 6.45) is -4.35. The normalized spacial score (nSPS) is 13.5. The third-order valence-electron chi connectivity index (χ3n) is 2.74. The number of nitrogens with one attached hydrogen (secondary N) is 1. The van der Waals surface area contributed by atoms with Crippen molar-refractivity contribution in [3.8, 4) is 0 Å². The summed E-state index contributed by atoms with van der Waals surface area (Å²) in [5.74, 6) is 0. The van der Waals surface area contributed by atoms with Crippen LogP contribution in [-0.2, 0) is 6.18 Å². The fraction of sp³-hybridized carbons (Fsp3) is 0.231. The molecule has 1 atom stereocenters. The number of halogens is 4. The SMILES string of the molecule is CNC(c1cc(Br)cs1)c1ccccc1C(F)(F)F. The summed E-state index contributed by atoms with van der Waals surface area (Å²) in [7, 11) is 1.66. The van der Waals surface area contributed by atoms with Crippen LogP contribution in [0.5, 0.6) is 0 Å². The van der Waals surface area contributed by atoms with Crippen molar-refractivity contribution in [2.45, 2.75) is 12.2 Å². The summed E-state index contributed by atoms with van der Waals surface area (Å²) in [5, 5.41) is 4.81. The average molecular weight is 350 g/mol. The molecule has 1 N–H and O–H groups in total. The molecule has 0 saturated heterocycles. The van der Waals surface area contributed by atoms with Gasteiger partial charge in [0, 0.05) is 14.7 Å². The standard InChI is InChI=1S/C13H11BrF3NS/c1-18-12(11-6-8(14)7-19-11)9-4-2-3-5-10(9)13(15,16)17/h2-7,12,18H,1H3. The van der Waals surface area contributed by atoms with Crippen molar-refractivity contribution in [1.82, 2.24) is 5.32 Å². The minimum atomic E-state index is -4.35. The van der Waals surface area contributed by atoms with Crippen LogP contribution in [0.4, 0.5) is 13.2 Å². The Kier molecular flexibility index (Phi) is 4.32. The molecule has 1 aromatic carbocycles. The maximum Gasteiger partial charge on any atom is 0.416 e. The van der Waals surface area contributed by atoms with Crippen molar-refractivity contribution in [2.24, 2.45) is 0 Å². The third-order valence-corrected chi connectivity index (χ3v) is 4.50. The Hall–Kier alpha value is -0.850. The molecule has 0 fully saturated rings. The van der Waals surface area contributed by atoms with E-state index in [0.717, 1.165) is 15.4 Å². The minimum absolute atomic E-state index is 0.242. The van der Waals surface area contributed by atoms with Crippen LogP contribution in [0.2, 0.25) is 0 Å². The Bertz CT molecular complexity index is 565. The highest BCUT2D eigenvalue weighted by atomic mass is 79.9. The van der Waals surface area contributed by atoms with Gasteiger partial charge in [-0.1, -0.05) is 18.2 Å². The monoisotopic (exact) mass is 349 g/mol. The number of alkyl halides is 3. The molecule has 0 radical (unpaired) electrons. The van der Waals surface area contributed by atoms with Gasteiger partial charge >= 0.3 is 6.18 Å². The van der Waals surface area contributed by atoms with Gasteiger partial charge in [-0.25, -0.2) is 0 Å². The lowest BCUT2D eigenvalue weighted by atomic mass is 9.99. The zero-order valence-corrected chi connectivity index (χ0v) is 12.4. The van der Waals surface area contributed by atoms with E-state index in [-0.39, 0.29) is 5.56 Å². The van der Waals surface area contributed by atoms with Gasteiger partial charge in [0.15, 0.2) is 0 Å². The first-order valence-corrected chi connectivity index (χ1v) is 7.18. The molecule has 0 amide bonds. The number of hydrogen-bond acceptors (Lipinski definition) is 2. The summed E-state index contributed by atoms with van der Waals surface area (Å²) in [6.45, 7) is 0. The van der Waals surface area contributed by atoms with Crippen LogP contribution in [0.25, 0.3) is 0 Å². The van der Waals surface area contributed by atoms with Crippen molar-refractivity contribution < 1.29 is 13.2 Å². The zero-order valence-electron chi connectivity index (χ0n) is 9.96. The lowest BCUT2D eigenvalue weighted by Crippen LogP contribution is -2.21. The predicted molar refractivity (Wildman–Crippen MR) is 74.4 cm³/mol. The van der Waals surface area contributed by atoms with Crippen LogP contribution < -0.4 is 5.32 Å². The minimum Gasteiger partial charge on any atom is -0.309 e. The quantitative estimate of drug-likeness (QED) is 0.835. The molecule has 102 valence electrons. The smallest absolute Gasteiger partial charge is 0.309 e. The second kappa shape index (κ2) is 5.64. The van der Waals surface area contributed by atoms with Crippen LogP contribution in [0.15, 0.2) is 40.2 Å². The molecule has 6 heteroatoms. The van der Waals surface area contributed by atoms with Gasteiger partial charge in [-0.15, -0.1) is 11.3 Å². The number of benzene rings is 1. The molecular weight excluding hydrogens is 339 g/mol. The second-order valence-corrected chi connectivity index (χ2v) is 5.83. The number of rotatable bonds is 3. The van der Waals surface area contributed by atoms with Gasteiger partial charge in [-0.05, 0) is 40.7 Å². The summed E-state index contributed by atoms with van der Waals surface area (Å²) in [5.41, 5.74) is -0.356. The van der Waals surface area contributed by atoms with Crippen molar-refractivity contribution in [3.63, 3.8) is 0 Å². The molecule has 1 unspecified atom stereocenters. The summed E-state index contributed by atoms with van der Waals surface area (Å²) in [4.78, 5) is 0.839. The highest BCUT2D eigenvalue weighted by molar-refractivity contribution is 9.10. The summed E-state index contributed by atoms with van der Waals surface area (Å²) in [6, 6.07) is 7.02. The predicted octanol–water partition coefficient (Wildman–Crippen LogP) is 4.84. The van der Waals surface area contributed by atoms with Gasteiger partial charge < -0.3 is 5.32 Å². The molecule has 19 heavy (non-hydrogen) atoms. The van der Waals surface area contributed by atoms with Gasteiger partial charge in [0.05, 0.1) is 11.6 Å². The van der Waals surface area contributed by atoms with Gasteiger partial charge in [-0.3, -0.25) is 0 Å². The van der Waals surface area contributed by atoms with Crippen LogP contribution in [0.3, 0.4) is 0 Å². The lowest BCUT2D eigenvalue weighted by Gasteiger charge is -2.20. The molecule has 0 aliphatic heterocycles. The topological polar surface area (TPSA) is 12.0 Å². The third kappa shape index (κ3) is 3.19. The molecule has 1 heterocycles. The van der Waals surface area contributed by atoms with Gasteiger partial charge in [-0.2, -0.15) is 13.2 Å². The van der Waals surface area contributed by atoms with Crippen molar-refractivity contribution in [2.75, 3.05) is 7.05 Å². The molecule has 0 bridgehead atoms. The molecule has 0 spiro atoms. The van der Waals surface area contributed by atoms with E-state index in [4.69, 9.17) is 0 Å².